The summed E-state index contributed by atoms with van der Waals surface area (Å²) >= 11 is 0. The van der Waals surface area contributed by atoms with E-state index in [1.165, 1.54) is 0 Å². The van der Waals surface area contributed by atoms with Crippen LogP contribution in [-0.2, 0) is 13.6 Å². The third-order valence-electron chi connectivity index (χ3n) is 2.33. The first-order chi connectivity index (χ1) is 6.63. The highest BCUT2D eigenvalue weighted by molar-refractivity contribution is 5.03. The van der Waals surface area contributed by atoms with Gasteiger partial charge in [0.15, 0.2) is 0 Å². The second-order valence-electron chi connectivity index (χ2n) is 3.94. The van der Waals surface area contributed by atoms with Gasteiger partial charge in [-0.05, 0) is 5.92 Å². The van der Waals surface area contributed by atoms with Crippen LogP contribution in [0.5, 0.6) is 0 Å². The number of aliphatic hydroxyl groups excluding tert-OH is 1. The van der Waals surface area contributed by atoms with Crippen molar-refractivity contribution in [2.45, 2.75) is 26.4 Å². The molecule has 1 atom stereocenters. The van der Waals surface area contributed by atoms with Crippen molar-refractivity contribution in [2.24, 2.45) is 13.0 Å². The Morgan fingerprint density at radius 3 is 2.71 bits per heavy atom. The Morgan fingerprint density at radius 2 is 2.29 bits per heavy atom. The molecule has 4 nitrogen and oxygen atoms in total. The van der Waals surface area contributed by atoms with Crippen molar-refractivity contribution in [2.75, 3.05) is 6.61 Å². The molecule has 0 aliphatic carbocycles. The van der Waals surface area contributed by atoms with Gasteiger partial charge in [0.2, 0.25) is 0 Å². The summed E-state index contributed by atoms with van der Waals surface area (Å²) in [6.07, 6.45) is 3.81. The summed E-state index contributed by atoms with van der Waals surface area (Å²) in [4.78, 5) is 0. The number of hydrogen-bond acceptors (Lipinski definition) is 3. The molecular formula is C10H19N3O. The third kappa shape index (κ3) is 3.12. The molecule has 1 aromatic rings. The topological polar surface area (TPSA) is 50.1 Å². The Labute approximate surface area is 84.9 Å². The molecule has 0 aliphatic heterocycles. The van der Waals surface area contributed by atoms with Gasteiger partial charge in [0.05, 0.1) is 12.8 Å². The molecule has 2 N–H and O–H groups in total. The largest absolute Gasteiger partial charge is 0.395 e. The van der Waals surface area contributed by atoms with Crippen molar-refractivity contribution in [1.82, 2.24) is 15.1 Å². The van der Waals surface area contributed by atoms with Gasteiger partial charge in [-0.2, -0.15) is 5.10 Å². The second kappa shape index (κ2) is 5.12. The van der Waals surface area contributed by atoms with Gasteiger partial charge in [-0.25, -0.2) is 0 Å². The molecule has 0 aliphatic rings. The molecule has 14 heavy (non-hydrogen) atoms. The van der Waals surface area contributed by atoms with Gasteiger partial charge < -0.3 is 10.4 Å². The molecule has 0 fully saturated rings. The van der Waals surface area contributed by atoms with Crippen LogP contribution in [0.1, 0.15) is 19.4 Å². The van der Waals surface area contributed by atoms with Gasteiger partial charge in [-0.15, -0.1) is 0 Å². The molecule has 0 saturated heterocycles. The minimum Gasteiger partial charge on any atom is -0.395 e. The maximum absolute atomic E-state index is 9.10. The lowest BCUT2D eigenvalue weighted by molar-refractivity contribution is 0.210. The quantitative estimate of drug-likeness (QED) is 0.724. The minimum atomic E-state index is 0.162. The fraction of sp³-hybridized carbons (Fsp3) is 0.700. The van der Waals surface area contributed by atoms with Crippen LogP contribution in [0.2, 0.25) is 0 Å². The highest BCUT2D eigenvalue weighted by Crippen LogP contribution is 2.02. The Hall–Kier alpha value is -0.870. The van der Waals surface area contributed by atoms with E-state index in [2.05, 4.69) is 24.3 Å². The predicted octanol–water partition coefficient (Wildman–Crippen LogP) is 0.527. The summed E-state index contributed by atoms with van der Waals surface area (Å²) < 4.78 is 1.78. The number of aryl methyl sites for hydroxylation is 1. The first kappa shape index (κ1) is 11.2. The van der Waals surface area contributed by atoms with E-state index in [1.807, 2.05) is 19.4 Å². The number of aliphatic hydroxyl groups is 1. The number of nitrogens with zero attached hydrogens (tertiary/aromatic N) is 2. The predicted molar refractivity (Wildman–Crippen MR) is 55.8 cm³/mol. The molecule has 0 saturated carbocycles. The van der Waals surface area contributed by atoms with Crippen LogP contribution in [0.4, 0.5) is 0 Å². The van der Waals surface area contributed by atoms with Crippen LogP contribution in [0.25, 0.3) is 0 Å². The lowest BCUT2D eigenvalue weighted by Gasteiger charge is -2.19. The highest BCUT2D eigenvalue weighted by atomic mass is 16.3. The number of rotatable bonds is 5. The van der Waals surface area contributed by atoms with E-state index >= 15 is 0 Å². The first-order valence-corrected chi connectivity index (χ1v) is 4.95. The van der Waals surface area contributed by atoms with E-state index < -0.39 is 0 Å². The summed E-state index contributed by atoms with van der Waals surface area (Å²) in [7, 11) is 1.90. The molecule has 0 amide bonds. The third-order valence-corrected chi connectivity index (χ3v) is 2.33. The lowest BCUT2D eigenvalue weighted by Crippen LogP contribution is -2.36. The molecule has 0 bridgehead atoms. The van der Waals surface area contributed by atoms with Gasteiger partial charge in [0.1, 0.15) is 0 Å². The van der Waals surface area contributed by atoms with Crippen molar-refractivity contribution in [3.05, 3.63) is 18.0 Å². The molecule has 1 unspecified atom stereocenters. The number of aromatic nitrogens is 2. The summed E-state index contributed by atoms with van der Waals surface area (Å²) in [6.45, 7) is 5.13. The van der Waals surface area contributed by atoms with Crippen LogP contribution in [0.3, 0.4) is 0 Å². The van der Waals surface area contributed by atoms with E-state index in [0.29, 0.717) is 5.92 Å². The normalized spacial score (nSPS) is 13.5. The SMILES string of the molecule is CC(C)C(CO)NCc1cnn(C)c1. The zero-order valence-electron chi connectivity index (χ0n) is 9.07. The maximum atomic E-state index is 9.10. The standard InChI is InChI=1S/C10H19N3O/c1-8(2)10(7-14)11-4-9-5-12-13(3)6-9/h5-6,8,10-11,14H,4,7H2,1-3H3. The van der Waals surface area contributed by atoms with Crippen LogP contribution in [0.15, 0.2) is 12.4 Å². The van der Waals surface area contributed by atoms with E-state index in [0.717, 1.165) is 12.1 Å². The van der Waals surface area contributed by atoms with Crippen LogP contribution < -0.4 is 5.32 Å². The summed E-state index contributed by atoms with van der Waals surface area (Å²) in [5.74, 6) is 0.441. The Bertz CT molecular complexity index is 270. The van der Waals surface area contributed by atoms with Crippen molar-refractivity contribution in [3.8, 4) is 0 Å². The van der Waals surface area contributed by atoms with Gasteiger partial charge in [-0.1, -0.05) is 13.8 Å². The molecule has 80 valence electrons. The van der Waals surface area contributed by atoms with Crippen LogP contribution >= 0.6 is 0 Å². The van der Waals surface area contributed by atoms with Crippen molar-refractivity contribution < 1.29 is 5.11 Å². The van der Waals surface area contributed by atoms with E-state index in [-0.39, 0.29) is 12.6 Å². The molecule has 0 spiro atoms. The summed E-state index contributed by atoms with van der Waals surface area (Å²) in [5, 5.41) is 16.5. The fourth-order valence-corrected chi connectivity index (χ4v) is 1.32. The van der Waals surface area contributed by atoms with Crippen molar-refractivity contribution in [1.29, 1.82) is 0 Å². The van der Waals surface area contributed by atoms with Gasteiger partial charge in [0, 0.05) is 31.4 Å². The monoisotopic (exact) mass is 197 g/mol. The van der Waals surface area contributed by atoms with E-state index in [9.17, 15) is 0 Å². The molecule has 0 radical (unpaired) electrons. The highest BCUT2D eigenvalue weighted by Gasteiger charge is 2.10. The zero-order chi connectivity index (χ0) is 10.6. The molecule has 4 heteroatoms. The average molecular weight is 197 g/mol. The molecule has 0 aromatic carbocycles. The zero-order valence-corrected chi connectivity index (χ0v) is 9.07. The number of hydrogen-bond donors (Lipinski definition) is 2. The molecular weight excluding hydrogens is 178 g/mol. The summed E-state index contributed by atoms with van der Waals surface area (Å²) in [6, 6.07) is 0.162. The smallest absolute Gasteiger partial charge is 0.0587 e. The Balaban J connectivity index is 2.39. The van der Waals surface area contributed by atoms with Gasteiger partial charge >= 0.3 is 0 Å². The van der Waals surface area contributed by atoms with Crippen LogP contribution in [-0.4, -0.2) is 27.5 Å². The summed E-state index contributed by atoms with van der Waals surface area (Å²) in [5.41, 5.74) is 1.15. The van der Waals surface area contributed by atoms with Gasteiger partial charge in [-0.3, -0.25) is 4.68 Å². The molecule has 1 aromatic heterocycles. The lowest BCUT2D eigenvalue weighted by atomic mass is 10.1. The Morgan fingerprint density at radius 1 is 1.57 bits per heavy atom. The first-order valence-electron chi connectivity index (χ1n) is 4.95. The fourth-order valence-electron chi connectivity index (χ4n) is 1.32. The van der Waals surface area contributed by atoms with E-state index in [1.54, 1.807) is 4.68 Å². The number of nitrogens with one attached hydrogen (secondary N) is 1. The second-order valence-corrected chi connectivity index (χ2v) is 3.94. The van der Waals surface area contributed by atoms with Gasteiger partial charge in [0.25, 0.3) is 0 Å². The maximum Gasteiger partial charge on any atom is 0.0587 e. The minimum absolute atomic E-state index is 0.162. The van der Waals surface area contributed by atoms with Crippen LogP contribution in [0, 0.1) is 5.92 Å². The van der Waals surface area contributed by atoms with E-state index in [4.69, 9.17) is 5.11 Å². The molecule has 1 heterocycles. The average Bonchev–Trinajstić information content (AvgIpc) is 2.52. The Kier molecular flexibility index (Phi) is 4.10. The van der Waals surface area contributed by atoms with Crippen molar-refractivity contribution >= 4 is 0 Å². The van der Waals surface area contributed by atoms with Crippen molar-refractivity contribution in [3.63, 3.8) is 0 Å². The molecule has 1 rings (SSSR count).